The minimum Gasteiger partial charge on any atom is -0.496 e. The van der Waals surface area contributed by atoms with Gasteiger partial charge < -0.3 is 14.6 Å². The van der Waals surface area contributed by atoms with Crippen LogP contribution < -0.4 is 4.74 Å². The number of hydrogen-bond acceptors (Lipinski definition) is 4. The van der Waals surface area contributed by atoms with Gasteiger partial charge in [-0.15, -0.1) is 0 Å². The third kappa shape index (κ3) is 3.20. The Hall–Kier alpha value is -1.09. The van der Waals surface area contributed by atoms with Gasteiger partial charge in [0.05, 0.1) is 30.9 Å². The maximum atomic E-state index is 8.92. The highest BCUT2D eigenvalue weighted by Gasteiger charge is 2.12. The predicted molar refractivity (Wildman–Crippen MR) is 62.1 cm³/mol. The summed E-state index contributed by atoms with van der Waals surface area (Å²) in [4.78, 5) is 0. The van der Waals surface area contributed by atoms with E-state index in [1.807, 2.05) is 6.07 Å². The Morgan fingerprint density at radius 1 is 1.56 bits per heavy atom. The van der Waals surface area contributed by atoms with Crippen LogP contribution in [0, 0.1) is 11.3 Å². The first-order chi connectivity index (χ1) is 7.72. The van der Waals surface area contributed by atoms with Crippen LogP contribution in [0.4, 0.5) is 0 Å². The fourth-order valence-electron chi connectivity index (χ4n) is 1.22. The summed E-state index contributed by atoms with van der Waals surface area (Å²) < 4.78 is 11.0. The molecule has 0 fully saturated rings. The van der Waals surface area contributed by atoms with Crippen LogP contribution in [0.3, 0.4) is 0 Å². The van der Waals surface area contributed by atoms with Gasteiger partial charge >= 0.3 is 0 Å². The van der Waals surface area contributed by atoms with E-state index in [0.29, 0.717) is 5.75 Å². The Labute approximate surface area is 103 Å². The molecule has 0 heterocycles. The SMILES string of the molecule is COc1ccc(C(C#N)OCCO)cc1Br. The fraction of sp³-hybridized carbons (Fsp3) is 0.364. The second-order valence-electron chi connectivity index (χ2n) is 3.00. The third-order valence-corrected chi connectivity index (χ3v) is 2.59. The van der Waals surface area contributed by atoms with Crippen molar-refractivity contribution in [2.45, 2.75) is 6.10 Å². The molecule has 1 aromatic carbocycles. The topological polar surface area (TPSA) is 62.5 Å². The maximum Gasteiger partial charge on any atom is 0.169 e. The summed E-state index contributed by atoms with van der Waals surface area (Å²) in [5.41, 5.74) is 0.726. The molecule has 0 saturated carbocycles. The molecule has 0 radical (unpaired) electrons. The van der Waals surface area contributed by atoms with Gasteiger partial charge in [-0.05, 0) is 33.6 Å². The summed E-state index contributed by atoms with van der Waals surface area (Å²) >= 11 is 3.33. The minimum atomic E-state index is -0.672. The smallest absolute Gasteiger partial charge is 0.169 e. The Balaban J connectivity index is 2.86. The van der Waals surface area contributed by atoms with E-state index >= 15 is 0 Å². The summed E-state index contributed by atoms with van der Waals surface area (Å²) in [6.45, 7) is 0.0391. The number of halogens is 1. The zero-order valence-electron chi connectivity index (χ0n) is 8.81. The molecule has 0 bridgehead atoms. The van der Waals surface area contributed by atoms with Crippen molar-refractivity contribution in [3.63, 3.8) is 0 Å². The number of aliphatic hydroxyl groups is 1. The molecule has 0 aromatic heterocycles. The minimum absolute atomic E-state index is 0.102. The van der Waals surface area contributed by atoms with E-state index in [-0.39, 0.29) is 13.2 Å². The summed E-state index contributed by atoms with van der Waals surface area (Å²) in [5.74, 6) is 0.697. The zero-order chi connectivity index (χ0) is 12.0. The van der Waals surface area contributed by atoms with Gasteiger partial charge in [-0.1, -0.05) is 6.07 Å². The second kappa shape index (κ2) is 6.48. The lowest BCUT2D eigenvalue weighted by molar-refractivity contribution is 0.0581. The van der Waals surface area contributed by atoms with Gasteiger partial charge in [-0.3, -0.25) is 0 Å². The standard InChI is InChI=1S/C11H12BrNO3/c1-15-10-3-2-8(6-9(10)12)11(7-13)16-5-4-14/h2-3,6,11,14H,4-5H2,1H3. The molecule has 1 atom stereocenters. The van der Waals surface area contributed by atoms with E-state index in [2.05, 4.69) is 15.9 Å². The second-order valence-corrected chi connectivity index (χ2v) is 3.85. The molecule has 16 heavy (non-hydrogen) atoms. The lowest BCUT2D eigenvalue weighted by atomic mass is 10.1. The first-order valence-corrected chi connectivity index (χ1v) is 5.47. The van der Waals surface area contributed by atoms with E-state index in [9.17, 15) is 0 Å². The van der Waals surface area contributed by atoms with Gasteiger partial charge in [-0.25, -0.2) is 0 Å². The van der Waals surface area contributed by atoms with Crippen molar-refractivity contribution in [1.82, 2.24) is 0 Å². The molecule has 1 N–H and O–H groups in total. The maximum absolute atomic E-state index is 8.92. The summed E-state index contributed by atoms with van der Waals surface area (Å²) in [6.07, 6.45) is -0.672. The first-order valence-electron chi connectivity index (χ1n) is 4.68. The van der Waals surface area contributed by atoms with Crippen molar-refractivity contribution in [1.29, 1.82) is 5.26 Å². The van der Waals surface area contributed by atoms with Crippen molar-refractivity contribution in [3.05, 3.63) is 28.2 Å². The average Bonchev–Trinajstić information content (AvgIpc) is 2.30. The molecule has 0 aliphatic rings. The molecule has 0 saturated heterocycles. The molecule has 1 unspecified atom stereocenters. The summed E-state index contributed by atoms with van der Waals surface area (Å²) in [7, 11) is 1.57. The fourth-order valence-corrected chi connectivity index (χ4v) is 1.78. The highest BCUT2D eigenvalue weighted by atomic mass is 79.9. The number of nitrogens with zero attached hydrogens (tertiary/aromatic N) is 1. The van der Waals surface area contributed by atoms with Crippen LogP contribution >= 0.6 is 15.9 Å². The van der Waals surface area contributed by atoms with Crippen LogP contribution in [0.1, 0.15) is 11.7 Å². The predicted octanol–water partition coefficient (Wildman–Crippen LogP) is 2.03. The monoisotopic (exact) mass is 285 g/mol. The number of ether oxygens (including phenoxy) is 2. The molecule has 5 heteroatoms. The van der Waals surface area contributed by atoms with Crippen LogP contribution in [0.15, 0.2) is 22.7 Å². The number of nitriles is 1. The first kappa shape index (κ1) is 13.0. The molecule has 0 spiro atoms. The van der Waals surface area contributed by atoms with Crippen LogP contribution in [0.2, 0.25) is 0 Å². The summed E-state index contributed by atoms with van der Waals surface area (Å²) in [5, 5.41) is 17.6. The van der Waals surface area contributed by atoms with E-state index in [1.54, 1.807) is 25.3 Å². The number of aliphatic hydroxyl groups excluding tert-OH is 1. The number of rotatable bonds is 5. The zero-order valence-corrected chi connectivity index (χ0v) is 10.4. The van der Waals surface area contributed by atoms with Crippen molar-refractivity contribution in [3.8, 4) is 11.8 Å². The Morgan fingerprint density at radius 2 is 2.31 bits per heavy atom. The van der Waals surface area contributed by atoms with Crippen LogP contribution in [-0.2, 0) is 4.74 Å². The lowest BCUT2D eigenvalue weighted by Gasteiger charge is -2.11. The Bertz CT molecular complexity index is 389. The normalized spacial score (nSPS) is 11.9. The van der Waals surface area contributed by atoms with Crippen LogP contribution in [0.5, 0.6) is 5.75 Å². The quantitative estimate of drug-likeness (QED) is 0.899. The molecule has 0 amide bonds. The van der Waals surface area contributed by atoms with Crippen LogP contribution in [0.25, 0.3) is 0 Å². The number of hydrogen-bond donors (Lipinski definition) is 1. The van der Waals surface area contributed by atoms with Gasteiger partial charge in [0.2, 0.25) is 0 Å². The Morgan fingerprint density at radius 3 is 2.81 bits per heavy atom. The van der Waals surface area contributed by atoms with Gasteiger partial charge in [0, 0.05) is 0 Å². The molecule has 0 aliphatic carbocycles. The van der Waals surface area contributed by atoms with Gasteiger partial charge in [-0.2, -0.15) is 5.26 Å². The molecular weight excluding hydrogens is 274 g/mol. The van der Waals surface area contributed by atoms with Gasteiger partial charge in [0.25, 0.3) is 0 Å². The molecule has 1 rings (SSSR count). The van der Waals surface area contributed by atoms with E-state index in [4.69, 9.17) is 19.8 Å². The van der Waals surface area contributed by atoms with Crippen molar-refractivity contribution >= 4 is 15.9 Å². The van der Waals surface area contributed by atoms with Gasteiger partial charge in [0.1, 0.15) is 5.75 Å². The molecule has 0 aliphatic heterocycles. The number of benzene rings is 1. The lowest BCUT2D eigenvalue weighted by Crippen LogP contribution is -2.06. The van der Waals surface area contributed by atoms with E-state index < -0.39 is 6.10 Å². The van der Waals surface area contributed by atoms with Crippen LogP contribution in [-0.4, -0.2) is 25.4 Å². The van der Waals surface area contributed by atoms with Crippen molar-refractivity contribution in [2.24, 2.45) is 0 Å². The van der Waals surface area contributed by atoms with E-state index in [1.165, 1.54) is 0 Å². The Kier molecular flexibility index (Phi) is 5.26. The van der Waals surface area contributed by atoms with E-state index in [0.717, 1.165) is 10.0 Å². The van der Waals surface area contributed by atoms with Crippen molar-refractivity contribution < 1.29 is 14.6 Å². The molecule has 4 nitrogen and oxygen atoms in total. The average molecular weight is 286 g/mol. The highest BCUT2D eigenvalue weighted by Crippen LogP contribution is 2.28. The van der Waals surface area contributed by atoms with Crippen molar-refractivity contribution in [2.75, 3.05) is 20.3 Å². The largest absolute Gasteiger partial charge is 0.496 e. The van der Waals surface area contributed by atoms with Gasteiger partial charge in [0.15, 0.2) is 6.10 Å². The third-order valence-electron chi connectivity index (χ3n) is 1.97. The number of methoxy groups -OCH3 is 1. The molecule has 86 valence electrons. The molecule has 1 aromatic rings. The highest BCUT2D eigenvalue weighted by molar-refractivity contribution is 9.10. The molecular formula is C11H12BrNO3. The summed E-state index contributed by atoms with van der Waals surface area (Å²) in [6, 6.07) is 7.31.